The van der Waals surface area contributed by atoms with Crippen LogP contribution < -0.4 is 4.74 Å². The van der Waals surface area contributed by atoms with Gasteiger partial charge in [-0.2, -0.15) is 0 Å². The molecule has 2 aliphatic rings. The lowest BCUT2D eigenvalue weighted by atomic mass is 10.1. The number of rotatable bonds is 8. The standard InChI is InChI=1S/C21H21N4O5P/c1-15(30-31(28,23-9-10-23)24-11-12-24)16-4-7-20(25(26)27)21(14-16)29-18-5-6-19-17(13-18)3-2-8-22-19/h2-8,13-15H,9-12H2,1H3. The highest BCUT2D eigenvalue weighted by atomic mass is 31.2. The summed E-state index contributed by atoms with van der Waals surface area (Å²) in [6, 6.07) is 13.6. The number of nitrogens with zero attached hydrogens (tertiary/aromatic N) is 4. The van der Waals surface area contributed by atoms with E-state index in [2.05, 4.69) is 4.98 Å². The second-order valence-electron chi connectivity index (χ2n) is 7.59. The molecule has 2 fully saturated rings. The third-order valence-corrected chi connectivity index (χ3v) is 8.13. The van der Waals surface area contributed by atoms with Crippen LogP contribution >= 0.6 is 7.67 Å². The maximum Gasteiger partial charge on any atom is 0.346 e. The van der Waals surface area contributed by atoms with Crippen molar-refractivity contribution in [3.63, 3.8) is 0 Å². The van der Waals surface area contributed by atoms with Gasteiger partial charge < -0.3 is 4.74 Å². The predicted molar refractivity (Wildman–Crippen MR) is 115 cm³/mol. The Morgan fingerprint density at radius 2 is 1.84 bits per heavy atom. The zero-order chi connectivity index (χ0) is 21.6. The summed E-state index contributed by atoms with van der Waals surface area (Å²) >= 11 is 0. The molecule has 0 spiro atoms. The largest absolute Gasteiger partial charge is 0.450 e. The summed E-state index contributed by atoms with van der Waals surface area (Å²) in [6.07, 6.45) is 1.18. The number of aromatic nitrogens is 1. The number of benzene rings is 2. The van der Waals surface area contributed by atoms with E-state index in [0.29, 0.717) is 11.3 Å². The van der Waals surface area contributed by atoms with Gasteiger partial charge in [0.15, 0.2) is 0 Å². The Hall–Kier alpha value is -2.84. The normalized spacial score (nSPS) is 17.5. The molecule has 0 amide bonds. The molecule has 1 atom stereocenters. The first kappa shape index (κ1) is 20.1. The smallest absolute Gasteiger partial charge is 0.346 e. The molecule has 2 aliphatic heterocycles. The van der Waals surface area contributed by atoms with Gasteiger partial charge in [-0.25, -0.2) is 9.34 Å². The van der Waals surface area contributed by atoms with Gasteiger partial charge in [0.25, 0.3) is 0 Å². The summed E-state index contributed by atoms with van der Waals surface area (Å²) in [4.78, 5) is 15.3. The van der Waals surface area contributed by atoms with E-state index in [1.165, 1.54) is 6.07 Å². The maximum atomic E-state index is 13.3. The summed E-state index contributed by atoms with van der Waals surface area (Å²) < 4.78 is 28.9. The summed E-state index contributed by atoms with van der Waals surface area (Å²) in [5, 5.41) is 12.4. The Morgan fingerprint density at radius 1 is 1.10 bits per heavy atom. The van der Waals surface area contributed by atoms with Gasteiger partial charge in [0, 0.05) is 43.8 Å². The maximum absolute atomic E-state index is 13.3. The van der Waals surface area contributed by atoms with Crippen molar-refractivity contribution in [1.82, 2.24) is 14.3 Å². The lowest BCUT2D eigenvalue weighted by Gasteiger charge is -2.24. The van der Waals surface area contributed by atoms with Gasteiger partial charge in [0.05, 0.1) is 16.5 Å². The zero-order valence-corrected chi connectivity index (χ0v) is 17.8. The lowest BCUT2D eigenvalue weighted by molar-refractivity contribution is -0.385. The molecule has 3 aromatic rings. The number of nitro benzene ring substituents is 1. The molecule has 2 saturated heterocycles. The van der Waals surface area contributed by atoms with Crippen molar-refractivity contribution in [3.05, 3.63) is 70.4 Å². The second-order valence-corrected chi connectivity index (χ2v) is 9.91. The zero-order valence-electron chi connectivity index (χ0n) is 16.9. The Balaban J connectivity index is 1.44. The topological polar surface area (TPSA) is 97.6 Å². The van der Waals surface area contributed by atoms with E-state index < -0.39 is 18.7 Å². The summed E-state index contributed by atoms with van der Waals surface area (Å²) in [6.45, 7) is 4.82. The fourth-order valence-electron chi connectivity index (χ4n) is 3.43. The van der Waals surface area contributed by atoms with E-state index in [4.69, 9.17) is 9.26 Å². The number of ether oxygens (including phenoxy) is 1. The molecule has 0 aliphatic carbocycles. The number of hydrogen-bond acceptors (Lipinski definition) is 6. The van der Waals surface area contributed by atoms with Crippen LogP contribution in [0.15, 0.2) is 54.7 Å². The van der Waals surface area contributed by atoms with Crippen LogP contribution in [0.25, 0.3) is 10.9 Å². The van der Waals surface area contributed by atoms with Crippen molar-refractivity contribution in [2.24, 2.45) is 0 Å². The van der Waals surface area contributed by atoms with E-state index in [-0.39, 0.29) is 11.4 Å². The number of nitro groups is 1. The van der Waals surface area contributed by atoms with Gasteiger partial charge in [0.2, 0.25) is 5.75 Å². The van der Waals surface area contributed by atoms with E-state index in [1.54, 1.807) is 43.5 Å². The first-order chi connectivity index (χ1) is 14.9. The lowest BCUT2D eigenvalue weighted by Crippen LogP contribution is -2.10. The van der Waals surface area contributed by atoms with E-state index >= 15 is 0 Å². The Kier molecular flexibility index (Phi) is 4.98. The molecule has 1 aromatic heterocycles. The van der Waals surface area contributed by atoms with Crippen molar-refractivity contribution < 1.29 is 18.7 Å². The Labute approximate surface area is 178 Å². The van der Waals surface area contributed by atoms with Crippen LogP contribution in [0.1, 0.15) is 18.6 Å². The molecule has 1 unspecified atom stereocenters. The minimum absolute atomic E-state index is 0.106. The number of fused-ring (bicyclic) bond motifs is 1. The SMILES string of the molecule is CC(OP(=O)(N1CC1)N1CC1)c1ccc([N+](=O)[O-])c(Oc2ccc3ncccc3c2)c1. The minimum Gasteiger partial charge on any atom is -0.450 e. The van der Waals surface area contributed by atoms with E-state index in [9.17, 15) is 14.7 Å². The Bertz CT molecular complexity index is 1200. The molecule has 160 valence electrons. The van der Waals surface area contributed by atoms with Crippen LogP contribution in [0.3, 0.4) is 0 Å². The van der Waals surface area contributed by atoms with Gasteiger partial charge in [-0.15, -0.1) is 0 Å². The van der Waals surface area contributed by atoms with Gasteiger partial charge >= 0.3 is 13.4 Å². The van der Waals surface area contributed by atoms with Crippen molar-refractivity contribution in [1.29, 1.82) is 0 Å². The van der Waals surface area contributed by atoms with Crippen molar-refractivity contribution in [3.8, 4) is 11.5 Å². The quantitative estimate of drug-likeness (QED) is 0.214. The average molecular weight is 440 g/mol. The van der Waals surface area contributed by atoms with Crippen molar-refractivity contribution >= 4 is 24.3 Å². The van der Waals surface area contributed by atoms with Gasteiger partial charge in [-0.05, 0) is 48.9 Å². The average Bonchev–Trinajstić information content (AvgIpc) is 3.65. The molecule has 9 nitrogen and oxygen atoms in total. The first-order valence-corrected chi connectivity index (χ1v) is 11.6. The summed E-state index contributed by atoms with van der Waals surface area (Å²) in [7, 11) is -3.02. The summed E-state index contributed by atoms with van der Waals surface area (Å²) in [5.74, 6) is 0.572. The predicted octanol–water partition coefficient (Wildman–Crippen LogP) is 4.75. The van der Waals surface area contributed by atoms with Crippen molar-refractivity contribution in [2.45, 2.75) is 13.0 Å². The first-order valence-electron chi connectivity index (χ1n) is 10.0. The molecule has 0 radical (unpaired) electrons. The van der Waals surface area contributed by atoms with Crippen molar-refractivity contribution in [2.75, 3.05) is 26.2 Å². The fraction of sp³-hybridized carbons (Fsp3) is 0.286. The molecular formula is C21H21N4O5P. The van der Waals surface area contributed by atoms with Gasteiger partial charge in [0.1, 0.15) is 5.75 Å². The van der Waals surface area contributed by atoms with Crippen LogP contribution in [0.4, 0.5) is 5.69 Å². The second kappa shape index (κ2) is 7.69. The van der Waals surface area contributed by atoms with Crippen LogP contribution in [-0.2, 0) is 9.09 Å². The molecule has 0 saturated carbocycles. The van der Waals surface area contributed by atoms with Crippen LogP contribution in [0, 0.1) is 10.1 Å². The molecular weight excluding hydrogens is 419 g/mol. The molecule has 31 heavy (non-hydrogen) atoms. The Morgan fingerprint density at radius 3 is 2.52 bits per heavy atom. The summed E-state index contributed by atoms with van der Waals surface area (Å²) in [5.41, 5.74) is 1.32. The number of pyridine rings is 1. The molecule has 10 heteroatoms. The highest BCUT2D eigenvalue weighted by Gasteiger charge is 2.50. The molecule has 0 N–H and O–H groups in total. The van der Waals surface area contributed by atoms with Crippen LogP contribution in [-0.4, -0.2) is 45.4 Å². The van der Waals surface area contributed by atoms with Crippen LogP contribution in [0.5, 0.6) is 11.5 Å². The molecule has 3 heterocycles. The van der Waals surface area contributed by atoms with E-state index in [0.717, 1.165) is 37.1 Å². The van der Waals surface area contributed by atoms with Crippen LogP contribution in [0.2, 0.25) is 0 Å². The minimum atomic E-state index is -3.02. The third-order valence-electron chi connectivity index (χ3n) is 5.31. The van der Waals surface area contributed by atoms with E-state index in [1.807, 2.05) is 21.5 Å². The molecule has 5 rings (SSSR count). The highest BCUT2D eigenvalue weighted by Crippen LogP contribution is 2.63. The van der Waals surface area contributed by atoms with Gasteiger partial charge in [-0.1, -0.05) is 6.07 Å². The number of hydrogen-bond donors (Lipinski definition) is 0. The highest BCUT2D eigenvalue weighted by molar-refractivity contribution is 7.54. The molecule has 2 aromatic carbocycles. The fourth-order valence-corrected chi connectivity index (χ4v) is 5.78. The third kappa shape index (κ3) is 4.05. The monoisotopic (exact) mass is 440 g/mol. The molecule has 0 bridgehead atoms. The van der Waals surface area contributed by atoms with Gasteiger partial charge in [-0.3, -0.25) is 24.2 Å².